The third kappa shape index (κ3) is 4.82. The largest absolute Gasteiger partial charge is 0.342 e. The molecule has 0 amide bonds. The van der Waals surface area contributed by atoms with Gasteiger partial charge in [0.1, 0.15) is 21.4 Å². The van der Waals surface area contributed by atoms with E-state index >= 15 is 0 Å². The first-order valence-electron chi connectivity index (χ1n) is 8.41. The lowest BCUT2D eigenvalue weighted by Gasteiger charge is -2.13. The van der Waals surface area contributed by atoms with Crippen molar-refractivity contribution in [1.29, 1.82) is 0 Å². The summed E-state index contributed by atoms with van der Waals surface area (Å²) in [4.78, 5) is 23.4. The summed E-state index contributed by atoms with van der Waals surface area (Å²) >= 11 is 0. The van der Waals surface area contributed by atoms with Crippen molar-refractivity contribution in [1.82, 2.24) is 0 Å². The van der Waals surface area contributed by atoms with Crippen LogP contribution in [0.2, 0.25) is 0 Å². The summed E-state index contributed by atoms with van der Waals surface area (Å²) in [5.74, 6) is -3.93. The van der Waals surface area contributed by atoms with Crippen molar-refractivity contribution >= 4 is 32.2 Å². The van der Waals surface area contributed by atoms with Gasteiger partial charge in [-0.15, -0.1) is 0 Å². The van der Waals surface area contributed by atoms with Crippen LogP contribution in [0.15, 0.2) is 58.3 Å². The molecule has 3 rings (SSSR count). The third-order valence-corrected chi connectivity index (χ3v) is 6.84. The quantitative estimate of drug-likeness (QED) is 0.577. The molecule has 0 unspecified atom stereocenters. The smallest absolute Gasteiger partial charge is 0.341 e. The molecule has 0 aliphatic heterocycles. The van der Waals surface area contributed by atoms with E-state index in [9.17, 15) is 35.2 Å². The molecule has 1 saturated carbocycles. The van der Waals surface area contributed by atoms with Crippen molar-refractivity contribution in [2.75, 3.05) is 0 Å². The molecule has 12 heteroatoms. The van der Waals surface area contributed by atoms with Gasteiger partial charge in [-0.05, 0) is 61.4 Å². The van der Waals surface area contributed by atoms with E-state index in [2.05, 4.69) is 8.37 Å². The van der Waals surface area contributed by atoms with Crippen molar-refractivity contribution in [2.24, 2.45) is 5.41 Å². The second-order valence-corrected chi connectivity index (χ2v) is 9.69. The molecule has 0 aromatic heterocycles. The van der Waals surface area contributed by atoms with Gasteiger partial charge in [0.15, 0.2) is 0 Å². The summed E-state index contributed by atoms with van der Waals surface area (Å²) in [5, 5.41) is 0. The van der Waals surface area contributed by atoms with Gasteiger partial charge in [-0.1, -0.05) is 0 Å². The van der Waals surface area contributed by atoms with Crippen LogP contribution in [0.25, 0.3) is 0 Å². The number of rotatable bonds is 7. The Morgan fingerprint density at radius 3 is 1.57 bits per heavy atom. The molecule has 8 nitrogen and oxygen atoms in total. The Morgan fingerprint density at radius 2 is 1.17 bits per heavy atom. The number of halogens is 2. The molecule has 2 aromatic rings. The molecule has 0 bridgehead atoms. The molecule has 0 atom stereocenters. The SMILES string of the molecule is O=C(CC1(C(=O)OS(=O)(=O)c2ccc(F)cc2)CC1)OS(=O)(=O)c1ccc(F)cc1. The molecule has 1 aliphatic carbocycles. The van der Waals surface area contributed by atoms with E-state index < -0.39 is 65.4 Å². The topological polar surface area (TPSA) is 121 Å². The lowest BCUT2D eigenvalue weighted by molar-refractivity contribution is -0.146. The van der Waals surface area contributed by atoms with Gasteiger partial charge in [-0.2, -0.15) is 16.8 Å². The molecule has 30 heavy (non-hydrogen) atoms. The van der Waals surface area contributed by atoms with Crippen LogP contribution in [-0.2, 0) is 38.2 Å². The Bertz CT molecular complexity index is 1180. The monoisotopic (exact) mass is 460 g/mol. The highest BCUT2D eigenvalue weighted by Crippen LogP contribution is 2.50. The normalized spacial score (nSPS) is 15.3. The summed E-state index contributed by atoms with van der Waals surface area (Å²) in [7, 11) is -9.11. The summed E-state index contributed by atoms with van der Waals surface area (Å²) in [6.07, 6.45) is -0.571. The van der Waals surface area contributed by atoms with E-state index in [1.165, 1.54) is 0 Å². The average molecular weight is 460 g/mol. The van der Waals surface area contributed by atoms with Crippen LogP contribution in [0, 0.1) is 17.0 Å². The van der Waals surface area contributed by atoms with Crippen LogP contribution in [0.3, 0.4) is 0 Å². The number of carbonyl (C=O) groups excluding carboxylic acids is 2. The molecule has 160 valence electrons. The molecule has 0 radical (unpaired) electrons. The minimum absolute atomic E-state index is 0.0798. The van der Waals surface area contributed by atoms with Crippen molar-refractivity contribution < 1.29 is 43.6 Å². The highest BCUT2D eigenvalue weighted by atomic mass is 32.2. The standard InChI is InChI=1S/C18H14F2O8S2/c19-12-1-5-14(6-2-12)29(23,24)27-16(21)11-18(9-10-18)17(22)28-30(25,26)15-7-3-13(20)4-8-15/h1-8H,9-11H2. The zero-order valence-corrected chi connectivity index (χ0v) is 16.7. The van der Waals surface area contributed by atoms with Gasteiger partial charge >= 0.3 is 32.2 Å². The van der Waals surface area contributed by atoms with Gasteiger partial charge < -0.3 is 8.37 Å². The molecule has 0 saturated heterocycles. The second kappa shape index (κ2) is 7.76. The second-order valence-electron chi connectivity index (χ2n) is 6.60. The molecule has 2 aromatic carbocycles. The first-order valence-corrected chi connectivity index (χ1v) is 11.2. The van der Waals surface area contributed by atoms with E-state index in [0.29, 0.717) is 0 Å². The minimum Gasteiger partial charge on any atom is -0.342 e. The van der Waals surface area contributed by atoms with Crippen LogP contribution < -0.4 is 0 Å². The maximum atomic E-state index is 12.9. The zero-order valence-electron chi connectivity index (χ0n) is 15.1. The van der Waals surface area contributed by atoms with Gasteiger partial charge in [-0.3, -0.25) is 9.59 Å². The van der Waals surface area contributed by atoms with Gasteiger partial charge in [0.2, 0.25) is 0 Å². The summed E-state index contributed by atoms with van der Waals surface area (Å²) in [6, 6.07) is 7.06. The van der Waals surface area contributed by atoms with Crippen molar-refractivity contribution in [3.63, 3.8) is 0 Å². The summed E-state index contributed by atoms with van der Waals surface area (Å²) < 4.78 is 83.2. The van der Waals surface area contributed by atoms with Crippen molar-refractivity contribution in [3.05, 3.63) is 60.2 Å². The van der Waals surface area contributed by atoms with Crippen LogP contribution in [0.1, 0.15) is 19.3 Å². The maximum Gasteiger partial charge on any atom is 0.341 e. The highest BCUT2D eigenvalue weighted by Gasteiger charge is 2.55. The Kier molecular flexibility index (Phi) is 5.65. The van der Waals surface area contributed by atoms with Gasteiger partial charge in [0.05, 0.1) is 11.8 Å². The fourth-order valence-corrected chi connectivity index (χ4v) is 4.33. The fourth-order valence-electron chi connectivity index (χ4n) is 2.52. The molecule has 0 spiro atoms. The zero-order chi connectivity index (χ0) is 22.2. The molecule has 0 heterocycles. The number of benzene rings is 2. The Balaban J connectivity index is 1.67. The van der Waals surface area contributed by atoms with Crippen LogP contribution >= 0.6 is 0 Å². The first-order chi connectivity index (χ1) is 13.9. The number of carbonyl (C=O) groups is 2. The predicted octanol–water partition coefficient (Wildman–Crippen LogP) is 2.30. The van der Waals surface area contributed by atoms with Gasteiger partial charge in [0, 0.05) is 0 Å². The first kappa shape index (κ1) is 21.8. The number of hydrogen-bond acceptors (Lipinski definition) is 8. The van der Waals surface area contributed by atoms with E-state index in [0.717, 1.165) is 48.5 Å². The van der Waals surface area contributed by atoms with E-state index in [-0.39, 0.29) is 12.8 Å². The van der Waals surface area contributed by atoms with Crippen molar-refractivity contribution in [2.45, 2.75) is 29.1 Å². The third-order valence-electron chi connectivity index (χ3n) is 4.36. The van der Waals surface area contributed by atoms with Crippen molar-refractivity contribution in [3.8, 4) is 0 Å². The summed E-state index contributed by atoms with van der Waals surface area (Å²) in [5.41, 5.74) is -1.54. The predicted molar refractivity (Wildman–Crippen MR) is 95.6 cm³/mol. The van der Waals surface area contributed by atoms with E-state index in [1.54, 1.807) is 0 Å². The number of hydrogen-bond donors (Lipinski definition) is 0. The van der Waals surface area contributed by atoms with Crippen LogP contribution in [0.5, 0.6) is 0 Å². The van der Waals surface area contributed by atoms with E-state index in [1.807, 2.05) is 0 Å². The molecule has 0 N–H and O–H groups in total. The van der Waals surface area contributed by atoms with E-state index in [4.69, 9.17) is 0 Å². The molecule has 1 aliphatic rings. The molecule has 1 fully saturated rings. The fraction of sp³-hybridized carbons (Fsp3) is 0.222. The van der Waals surface area contributed by atoms with Crippen LogP contribution in [0.4, 0.5) is 8.78 Å². The lowest BCUT2D eigenvalue weighted by atomic mass is 10.0. The summed E-state index contributed by atoms with van der Waals surface area (Å²) in [6.45, 7) is 0. The van der Waals surface area contributed by atoms with Gasteiger partial charge in [-0.25, -0.2) is 8.78 Å². The Morgan fingerprint density at radius 1 is 0.767 bits per heavy atom. The Hall–Kier alpha value is -2.86. The molecular weight excluding hydrogens is 446 g/mol. The van der Waals surface area contributed by atoms with Crippen LogP contribution in [-0.4, -0.2) is 28.8 Å². The lowest BCUT2D eigenvalue weighted by Crippen LogP contribution is -2.27. The van der Waals surface area contributed by atoms with Gasteiger partial charge in [0.25, 0.3) is 0 Å². The minimum atomic E-state index is -4.56. The maximum absolute atomic E-state index is 12.9. The average Bonchev–Trinajstić information content (AvgIpc) is 3.42. The Labute approximate surface area is 170 Å². The highest BCUT2D eigenvalue weighted by molar-refractivity contribution is 7.87. The molecular formula is C18H14F2O8S2.